The lowest BCUT2D eigenvalue weighted by molar-refractivity contribution is 0.418. The summed E-state index contributed by atoms with van der Waals surface area (Å²) in [5, 5.41) is 3.49. The van der Waals surface area contributed by atoms with Gasteiger partial charge >= 0.3 is 0 Å². The van der Waals surface area contributed by atoms with Gasteiger partial charge in [0.1, 0.15) is 0 Å². The van der Waals surface area contributed by atoms with Gasteiger partial charge in [0.2, 0.25) is 0 Å². The van der Waals surface area contributed by atoms with Crippen LogP contribution in [0, 0.1) is 0 Å². The van der Waals surface area contributed by atoms with Crippen LogP contribution in [0.2, 0.25) is 0 Å². The van der Waals surface area contributed by atoms with Crippen LogP contribution < -0.4 is 0 Å². The second-order valence-corrected chi connectivity index (χ2v) is 5.92. The van der Waals surface area contributed by atoms with Gasteiger partial charge in [-0.25, -0.2) is 4.98 Å². The van der Waals surface area contributed by atoms with Crippen molar-refractivity contribution in [2.45, 2.75) is 25.2 Å². The molecule has 0 N–H and O–H groups in total. The van der Waals surface area contributed by atoms with Gasteiger partial charge < -0.3 is 0 Å². The predicted octanol–water partition coefficient (Wildman–Crippen LogP) is 4.84. The maximum Gasteiger partial charge on any atom is 0.0963 e. The molecule has 0 radical (unpaired) electrons. The highest BCUT2D eigenvalue weighted by molar-refractivity contribution is 9.10. The average Bonchev–Trinajstić information content (AvgIpc) is 2.65. The van der Waals surface area contributed by atoms with Gasteiger partial charge in [-0.15, -0.1) is 11.3 Å². The zero-order valence-electron chi connectivity index (χ0n) is 8.82. The van der Waals surface area contributed by atoms with Gasteiger partial charge in [0, 0.05) is 21.3 Å². The Morgan fingerprint density at radius 1 is 1.25 bits per heavy atom. The lowest BCUT2D eigenvalue weighted by Crippen LogP contribution is -2.07. The van der Waals surface area contributed by atoms with Crippen molar-refractivity contribution in [3.63, 3.8) is 0 Å². The number of thiazole rings is 1. The number of rotatable bonds is 2. The zero-order valence-corrected chi connectivity index (χ0v) is 11.2. The third kappa shape index (κ3) is 1.82. The fraction of sp³-hybridized carbons (Fsp3) is 0.308. The highest BCUT2D eigenvalue weighted by Gasteiger charge is 2.22. The van der Waals surface area contributed by atoms with Crippen molar-refractivity contribution < 1.29 is 0 Å². The first-order valence-corrected chi connectivity index (χ1v) is 7.22. The normalized spacial score (nSPS) is 16.1. The molecule has 82 valence electrons. The Kier molecular flexibility index (Phi) is 2.82. The molecule has 1 aromatic heterocycles. The summed E-state index contributed by atoms with van der Waals surface area (Å²) in [5.41, 5.74) is 2.31. The van der Waals surface area contributed by atoms with E-state index in [9.17, 15) is 0 Å². The highest BCUT2D eigenvalue weighted by Crippen LogP contribution is 2.39. The van der Waals surface area contributed by atoms with Gasteiger partial charge in [0.15, 0.2) is 0 Å². The van der Waals surface area contributed by atoms with Crippen LogP contribution in [0.25, 0.3) is 11.3 Å². The first-order valence-electron chi connectivity index (χ1n) is 5.55. The average molecular weight is 294 g/mol. The van der Waals surface area contributed by atoms with Crippen LogP contribution in [0.3, 0.4) is 0 Å². The van der Waals surface area contributed by atoms with E-state index >= 15 is 0 Å². The molecule has 0 bridgehead atoms. The molecule has 1 fully saturated rings. The van der Waals surface area contributed by atoms with Crippen LogP contribution in [-0.2, 0) is 0 Å². The van der Waals surface area contributed by atoms with E-state index in [0.29, 0.717) is 0 Å². The predicted molar refractivity (Wildman–Crippen MR) is 71.8 cm³/mol. The fourth-order valence-electron chi connectivity index (χ4n) is 1.92. The molecule has 3 rings (SSSR count). The number of benzene rings is 1. The molecule has 1 saturated carbocycles. The largest absolute Gasteiger partial charge is 0.241 e. The van der Waals surface area contributed by atoms with Gasteiger partial charge in [0.05, 0.1) is 10.7 Å². The monoisotopic (exact) mass is 293 g/mol. The van der Waals surface area contributed by atoms with E-state index in [0.717, 1.165) is 16.1 Å². The smallest absolute Gasteiger partial charge is 0.0963 e. The third-order valence-electron chi connectivity index (χ3n) is 3.13. The minimum atomic E-state index is 0.737. The topological polar surface area (TPSA) is 12.9 Å². The Hall–Kier alpha value is -0.670. The summed E-state index contributed by atoms with van der Waals surface area (Å²) < 4.78 is 1.13. The van der Waals surface area contributed by atoms with Crippen molar-refractivity contribution in [2.24, 2.45) is 0 Å². The standard InChI is InChI=1S/C13H12BrNS/c14-11-7-2-1-6-10(11)12-8-16-13(15-12)9-4-3-5-9/h1-2,6-9H,3-5H2. The summed E-state index contributed by atoms with van der Waals surface area (Å²) in [6.07, 6.45) is 4.01. The number of halogens is 1. The Morgan fingerprint density at radius 3 is 2.75 bits per heavy atom. The van der Waals surface area contributed by atoms with E-state index in [1.165, 1.54) is 29.8 Å². The molecule has 0 spiro atoms. The maximum atomic E-state index is 4.75. The molecule has 1 nitrogen and oxygen atoms in total. The molecule has 0 saturated heterocycles. The summed E-state index contributed by atoms with van der Waals surface area (Å²) in [6.45, 7) is 0. The Labute approximate surface area is 108 Å². The number of nitrogens with zero attached hydrogens (tertiary/aromatic N) is 1. The van der Waals surface area contributed by atoms with Crippen LogP contribution in [-0.4, -0.2) is 4.98 Å². The van der Waals surface area contributed by atoms with Gasteiger partial charge in [-0.3, -0.25) is 0 Å². The van der Waals surface area contributed by atoms with Crippen molar-refractivity contribution in [1.29, 1.82) is 0 Å². The second-order valence-electron chi connectivity index (χ2n) is 4.18. The van der Waals surface area contributed by atoms with E-state index in [1.54, 1.807) is 11.3 Å². The van der Waals surface area contributed by atoms with Crippen LogP contribution in [0.1, 0.15) is 30.2 Å². The van der Waals surface area contributed by atoms with Crippen LogP contribution in [0.5, 0.6) is 0 Å². The lowest BCUT2D eigenvalue weighted by Gasteiger charge is -2.22. The summed E-state index contributed by atoms with van der Waals surface area (Å²) in [6, 6.07) is 8.27. The zero-order chi connectivity index (χ0) is 11.0. The minimum absolute atomic E-state index is 0.737. The molecule has 1 heterocycles. The van der Waals surface area contributed by atoms with Gasteiger partial charge in [0.25, 0.3) is 0 Å². The molecule has 0 unspecified atom stereocenters. The van der Waals surface area contributed by atoms with Gasteiger partial charge in [-0.05, 0) is 18.9 Å². The Balaban J connectivity index is 1.95. The van der Waals surface area contributed by atoms with E-state index in [-0.39, 0.29) is 0 Å². The summed E-state index contributed by atoms with van der Waals surface area (Å²) in [4.78, 5) is 4.75. The molecule has 1 aliphatic carbocycles. The lowest BCUT2D eigenvalue weighted by atomic mass is 9.86. The Morgan fingerprint density at radius 2 is 2.06 bits per heavy atom. The van der Waals surface area contributed by atoms with Crippen LogP contribution >= 0.6 is 27.3 Å². The summed E-state index contributed by atoms with van der Waals surface area (Å²) >= 11 is 5.38. The minimum Gasteiger partial charge on any atom is -0.241 e. The van der Waals surface area contributed by atoms with Crippen molar-refractivity contribution in [3.8, 4) is 11.3 Å². The number of aromatic nitrogens is 1. The first-order chi connectivity index (χ1) is 7.84. The summed E-state index contributed by atoms with van der Waals surface area (Å²) in [7, 11) is 0. The molecule has 0 atom stereocenters. The van der Waals surface area contributed by atoms with E-state index in [1.807, 2.05) is 6.07 Å². The quantitative estimate of drug-likeness (QED) is 0.772. The molecular formula is C13H12BrNS. The van der Waals surface area contributed by atoms with E-state index < -0.39 is 0 Å². The number of hydrogen-bond acceptors (Lipinski definition) is 2. The molecular weight excluding hydrogens is 282 g/mol. The SMILES string of the molecule is Brc1ccccc1-c1csc(C2CCC2)n1. The van der Waals surface area contributed by atoms with Crippen LogP contribution in [0.15, 0.2) is 34.1 Å². The highest BCUT2D eigenvalue weighted by atomic mass is 79.9. The van der Waals surface area contributed by atoms with E-state index in [4.69, 9.17) is 4.98 Å². The van der Waals surface area contributed by atoms with Crippen molar-refractivity contribution in [1.82, 2.24) is 4.98 Å². The molecule has 3 heteroatoms. The molecule has 1 aromatic carbocycles. The Bertz CT molecular complexity index is 502. The molecule has 0 amide bonds. The van der Waals surface area contributed by atoms with Crippen molar-refractivity contribution >= 4 is 27.3 Å². The molecule has 2 aromatic rings. The fourth-order valence-corrected chi connectivity index (χ4v) is 3.40. The maximum absolute atomic E-state index is 4.75. The summed E-state index contributed by atoms with van der Waals surface area (Å²) in [5.74, 6) is 0.737. The second kappa shape index (κ2) is 4.30. The van der Waals surface area contributed by atoms with Crippen molar-refractivity contribution in [2.75, 3.05) is 0 Å². The molecule has 16 heavy (non-hydrogen) atoms. The van der Waals surface area contributed by atoms with E-state index in [2.05, 4.69) is 39.5 Å². The molecule has 1 aliphatic rings. The molecule has 0 aliphatic heterocycles. The van der Waals surface area contributed by atoms with Crippen molar-refractivity contribution in [3.05, 3.63) is 39.1 Å². The van der Waals surface area contributed by atoms with Crippen LogP contribution in [0.4, 0.5) is 0 Å². The number of hydrogen-bond donors (Lipinski definition) is 0. The van der Waals surface area contributed by atoms with Gasteiger partial charge in [-0.1, -0.05) is 40.5 Å². The van der Waals surface area contributed by atoms with Gasteiger partial charge in [-0.2, -0.15) is 0 Å². The third-order valence-corrected chi connectivity index (χ3v) is 4.82. The first kappa shape index (κ1) is 10.5.